The second-order valence-electron chi connectivity index (χ2n) is 10.4. The molecular weight excluding hydrogens is 520 g/mol. The third kappa shape index (κ3) is 5.88. The molecule has 2 aliphatic rings. The molecule has 1 saturated heterocycles. The van der Waals surface area contributed by atoms with Gasteiger partial charge in [-0.3, -0.25) is 14.5 Å². The number of benzene rings is 3. The predicted molar refractivity (Wildman–Crippen MR) is 157 cm³/mol. The molecule has 5 rings (SSSR count). The van der Waals surface area contributed by atoms with Crippen molar-refractivity contribution in [3.05, 3.63) is 82.9 Å². The number of ether oxygens (including phenoxy) is 4. The Morgan fingerprint density at radius 1 is 0.927 bits per heavy atom. The van der Waals surface area contributed by atoms with Crippen molar-refractivity contribution in [1.29, 1.82) is 0 Å². The van der Waals surface area contributed by atoms with Gasteiger partial charge in [0, 0.05) is 24.2 Å². The van der Waals surface area contributed by atoms with Crippen LogP contribution in [0.1, 0.15) is 55.0 Å². The highest BCUT2D eigenvalue weighted by molar-refractivity contribution is 5.94. The molecule has 0 bridgehead atoms. The van der Waals surface area contributed by atoms with Crippen molar-refractivity contribution in [1.82, 2.24) is 4.90 Å². The lowest BCUT2D eigenvalue weighted by atomic mass is 9.82. The van der Waals surface area contributed by atoms with E-state index in [2.05, 4.69) is 36.2 Å². The van der Waals surface area contributed by atoms with Crippen molar-refractivity contribution in [2.75, 3.05) is 38.9 Å². The van der Waals surface area contributed by atoms with Crippen LogP contribution in [0.3, 0.4) is 0 Å². The zero-order chi connectivity index (χ0) is 28.9. The van der Waals surface area contributed by atoms with Gasteiger partial charge in [0.15, 0.2) is 11.5 Å². The average molecular weight is 559 g/mol. The van der Waals surface area contributed by atoms with Crippen molar-refractivity contribution >= 4 is 17.6 Å². The van der Waals surface area contributed by atoms with Gasteiger partial charge in [-0.1, -0.05) is 50.2 Å². The van der Waals surface area contributed by atoms with Crippen molar-refractivity contribution in [2.45, 2.75) is 45.6 Å². The Kier molecular flexibility index (Phi) is 8.78. The zero-order valence-electron chi connectivity index (χ0n) is 24.1. The molecule has 1 N–H and O–H groups in total. The summed E-state index contributed by atoms with van der Waals surface area (Å²) in [5, 5.41) is 3.20. The average Bonchev–Trinajstić information content (AvgIpc) is 3.61. The summed E-state index contributed by atoms with van der Waals surface area (Å²) in [5.74, 6) is 0.897. The molecular formula is C33H38N2O6. The lowest BCUT2D eigenvalue weighted by Gasteiger charge is -2.28. The first-order valence-corrected chi connectivity index (χ1v) is 14.3. The van der Waals surface area contributed by atoms with Crippen LogP contribution in [0.15, 0.2) is 60.7 Å². The molecule has 3 atom stereocenters. The zero-order valence-corrected chi connectivity index (χ0v) is 24.1. The van der Waals surface area contributed by atoms with Gasteiger partial charge < -0.3 is 24.3 Å². The van der Waals surface area contributed by atoms with Gasteiger partial charge in [-0.25, -0.2) is 0 Å². The van der Waals surface area contributed by atoms with E-state index >= 15 is 0 Å². The molecule has 0 aromatic heterocycles. The first kappa shape index (κ1) is 28.5. The fourth-order valence-corrected chi connectivity index (χ4v) is 6.06. The van der Waals surface area contributed by atoms with Gasteiger partial charge in [0.25, 0.3) is 0 Å². The molecule has 8 heteroatoms. The molecule has 0 unspecified atom stereocenters. The summed E-state index contributed by atoms with van der Waals surface area (Å²) >= 11 is 0. The summed E-state index contributed by atoms with van der Waals surface area (Å²) in [6.07, 6.45) is 1.64. The van der Waals surface area contributed by atoms with Crippen LogP contribution in [-0.4, -0.2) is 50.4 Å². The van der Waals surface area contributed by atoms with Crippen LogP contribution in [-0.2, 0) is 27.2 Å². The number of aryl methyl sites for hydroxylation is 2. The third-order valence-electron chi connectivity index (χ3n) is 8.05. The number of rotatable bonds is 10. The Morgan fingerprint density at radius 2 is 1.61 bits per heavy atom. The van der Waals surface area contributed by atoms with E-state index < -0.39 is 5.92 Å². The van der Waals surface area contributed by atoms with E-state index in [-0.39, 0.29) is 43.8 Å². The number of nitrogens with zero attached hydrogens (tertiary/aromatic N) is 1. The molecule has 0 saturated carbocycles. The molecule has 1 fully saturated rings. The normalized spacial score (nSPS) is 19.7. The van der Waals surface area contributed by atoms with Crippen LogP contribution in [0, 0.1) is 5.92 Å². The molecule has 3 aromatic rings. The third-order valence-corrected chi connectivity index (χ3v) is 8.05. The number of carbonyl (C=O) groups is 2. The monoisotopic (exact) mass is 558 g/mol. The first-order chi connectivity index (χ1) is 20.0. The Morgan fingerprint density at radius 3 is 2.27 bits per heavy atom. The number of hydrogen-bond acceptors (Lipinski definition) is 7. The van der Waals surface area contributed by atoms with Crippen LogP contribution >= 0.6 is 0 Å². The number of anilines is 1. The number of para-hydroxylation sites is 1. The van der Waals surface area contributed by atoms with E-state index in [1.54, 1.807) is 7.11 Å². The van der Waals surface area contributed by atoms with E-state index in [4.69, 9.17) is 18.9 Å². The van der Waals surface area contributed by atoms with Crippen molar-refractivity contribution in [3.8, 4) is 17.2 Å². The fourth-order valence-electron chi connectivity index (χ4n) is 6.06. The Balaban J connectivity index is 1.51. The minimum absolute atomic E-state index is 0.118. The van der Waals surface area contributed by atoms with E-state index in [9.17, 15) is 9.59 Å². The molecule has 2 aliphatic heterocycles. The molecule has 0 spiro atoms. The lowest BCUT2D eigenvalue weighted by molar-refractivity contribution is -0.149. The molecule has 0 aliphatic carbocycles. The van der Waals surface area contributed by atoms with Crippen molar-refractivity contribution < 1.29 is 28.5 Å². The first-order valence-electron chi connectivity index (χ1n) is 14.3. The largest absolute Gasteiger partial charge is 0.497 e. The summed E-state index contributed by atoms with van der Waals surface area (Å²) in [7, 11) is 1.62. The number of likely N-dealkylation sites (tertiary alicyclic amines) is 1. The molecule has 41 heavy (non-hydrogen) atoms. The van der Waals surface area contributed by atoms with Gasteiger partial charge >= 0.3 is 5.97 Å². The lowest BCUT2D eigenvalue weighted by Crippen LogP contribution is -2.35. The Bertz CT molecular complexity index is 1370. The second-order valence-corrected chi connectivity index (χ2v) is 10.4. The molecule has 1 amide bonds. The summed E-state index contributed by atoms with van der Waals surface area (Å²) < 4.78 is 22.2. The minimum Gasteiger partial charge on any atom is -0.497 e. The summed E-state index contributed by atoms with van der Waals surface area (Å²) in [5.41, 5.74) is 4.96. The number of carbonyl (C=O) groups excluding carboxylic acids is 2. The number of amides is 1. The number of methoxy groups -OCH3 is 1. The fraction of sp³-hybridized carbons (Fsp3) is 0.394. The van der Waals surface area contributed by atoms with Crippen LogP contribution in [0.2, 0.25) is 0 Å². The maximum Gasteiger partial charge on any atom is 0.311 e. The van der Waals surface area contributed by atoms with Crippen LogP contribution in [0.5, 0.6) is 17.2 Å². The molecule has 0 radical (unpaired) electrons. The predicted octanol–water partition coefficient (Wildman–Crippen LogP) is 5.51. The maximum atomic E-state index is 13.7. The second kappa shape index (κ2) is 12.6. The van der Waals surface area contributed by atoms with E-state index in [1.807, 2.05) is 55.5 Å². The molecule has 216 valence electrons. The maximum absolute atomic E-state index is 13.7. The van der Waals surface area contributed by atoms with Crippen molar-refractivity contribution in [2.24, 2.45) is 5.92 Å². The SMILES string of the molecule is CCOC(=O)[C@@H]1[C@@H](c2ccc3c(c2)OCO3)CN(CC(=O)Nc2c(CC)cccc2CC)[C@H]1c1ccc(OC)cc1. The van der Waals surface area contributed by atoms with Gasteiger partial charge in [-0.05, 0) is 66.3 Å². The van der Waals surface area contributed by atoms with Gasteiger partial charge in [0.1, 0.15) is 5.75 Å². The van der Waals surface area contributed by atoms with Gasteiger partial charge in [0.05, 0.1) is 26.2 Å². The van der Waals surface area contributed by atoms with Crippen molar-refractivity contribution in [3.63, 3.8) is 0 Å². The summed E-state index contributed by atoms with van der Waals surface area (Å²) in [6.45, 7) is 7.04. The number of fused-ring (bicyclic) bond motifs is 1. The summed E-state index contributed by atoms with van der Waals surface area (Å²) in [4.78, 5) is 29.4. The number of hydrogen-bond donors (Lipinski definition) is 1. The molecule has 8 nitrogen and oxygen atoms in total. The highest BCUT2D eigenvalue weighted by atomic mass is 16.7. The highest BCUT2D eigenvalue weighted by Crippen LogP contribution is 2.48. The highest BCUT2D eigenvalue weighted by Gasteiger charge is 2.48. The standard InChI is InChI=1S/C33H38N2O6/c1-5-21-9-8-10-22(6-2)31(21)34-29(36)19-35-18-26(24-13-16-27-28(17-24)41-20-40-27)30(33(37)39-7-3)32(35)23-11-14-25(38-4)15-12-23/h8-17,26,30,32H,5-7,18-20H2,1-4H3,(H,34,36)/t26-,30-,32+/m1/s1. The summed E-state index contributed by atoms with van der Waals surface area (Å²) in [6, 6.07) is 19.3. The van der Waals surface area contributed by atoms with Crippen LogP contribution in [0.4, 0.5) is 5.69 Å². The topological polar surface area (TPSA) is 86.3 Å². The van der Waals surface area contributed by atoms with E-state index in [0.29, 0.717) is 18.0 Å². The van der Waals surface area contributed by atoms with Gasteiger partial charge in [0.2, 0.25) is 12.7 Å². The molecule has 2 heterocycles. The Labute approximate surface area is 241 Å². The van der Waals surface area contributed by atoms with E-state index in [1.165, 1.54) is 0 Å². The molecule has 3 aromatic carbocycles. The number of esters is 1. The van der Waals surface area contributed by atoms with Gasteiger partial charge in [-0.15, -0.1) is 0 Å². The smallest absolute Gasteiger partial charge is 0.311 e. The van der Waals surface area contributed by atoms with Crippen LogP contribution < -0.4 is 19.5 Å². The minimum atomic E-state index is -0.536. The van der Waals surface area contributed by atoms with Crippen LogP contribution in [0.25, 0.3) is 0 Å². The van der Waals surface area contributed by atoms with E-state index in [0.717, 1.165) is 46.5 Å². The van der Waals surface area contributed by atoms with Gasteiger partial charge in [-0.2, -0.15) is 0 Å². The quantitative estimate of drug-likeness (QED) is 0.329. The number of nitrogens with one attached hydrogen (secondary N) is 1. The Hall–Kier alpha value is -4.04.